The van der Waals surface area contributed by atoms with Crippen LogP contribution >= 0.6 is 0 Å². The van der Waals surface area contributed by atoms with Gasteiger partial charge in [0.1, 0.15) is 17.2 Å². The Kier molecular flexibility index (Phi) is 4.77. The van der Waals surface area contributed by atoms with Crippen LogP contribution in [0.25, 0.3) is 5.52 Å². The lowest BCUT2D eigenvalue weighted by atomic mass is 10.0. The number of carbonyl (C=O) groups is 1. The summed E-state index contributed by atoms with van der Waals surface area (Å²) in [6.07, 6.45) is 7.38. The summed E-state index contributed by atoms with van der Waals surface area (Å²) in [4.78, 5) is 18.8. The van der Waals surface area contributed by atoms with Crippen molar-refractivity contribution in [2.45, 2.75) is 19.8 Å². The smallest absolute Gasteiger partial charge is 0.185 e. The van der Waals surface area contributed by atoms with Crippen LogP contribution in [-0.2, 0) is 4.79 Å². The van der Waals surface area contributed by atoms with Crippen LogP contribution < -0.4 is 5.32 Å². The number of likely N-dealkylation sites (tertiary alicyclic amines) is 1. The highest BCUT2D eigenvalue weighted by atomic mass is 16.3. The molecule has 0 amide bonds. The van der Waals surface area contributed by atoms with Gasteiger partial charge in [-0.05, 0) is 57.1 Å². The van der Waals surface area contributed by atoms with Gasteiger partial charge in [0, 0.05) is 24.9 Å². The van der Waals surface area contributed by atoms with Crippen molar-refractivity contribution >= 4 is 28.5 Å². The minimum absolute atomic E-state index is 0.0826. The number of allylic oxidation sites excluding steroid dienone is 3. The zero-order chi connectivity index (χ0) is 18.8. The van der Waals surface area contributed by atoms with Gasteiger partial charge < -0.3 is 15.3 Å². The minimum atomic E-state index is -0.199. The largest absolute Gasteiger partial charge is 0.505 e. The third-order valence-corrected chi connectivity index (χ3v) is 5.03. The van der Waals surface area contributed by atoms with Crippen molar-refractivity contribution in [3.8, 4) is 0 Å². The number of rotatable bonds is 5. The summed E-state index contributed by atoms with van der Waals surface area (Å²) in [6, 6.07) is 5.77. The molecule has 1 saturated heterocycles. The molecule has 2 N–H and O–H groups in total. The third-order valence-electron chi connectivity index (χ3n) is 5.03. The summed E-state index contributed by atoms with van der Waals surface area (Å²) in [6.45, 7) is 5.64. The number of pyridine rings is 1. The Balaban J connectivity index is 1.65. The maximum atomic E-state index is 11.7. The van der Waals surface area contributed by atoms with Crippen LogP contribution in [0, 0.1) is 0 Å². The van der Waals surface area contributed by atoms with Gasteiger partial charge in [0.2, 0.25) is 0 Å². The zero-order valence-electron chi connectivity index (χ0n) is 15.4. The molecule has 0 bridgehead atoms. The number of fused-ring (bicyclic) bond motifs is 1. The number of aliphatic hydroxyl groups is 1. The maximum Gasteiger partial charge on any atom is 0.185 e. The second-order valence-corrected chi connectivity index (χ2v) is 6.87. The van der Waals surface area contributed by atoms with E-state index in [-0.39, 0.29) is 11.5 Å². The molecule has 1 aliphatic heterocycles. The van der Waals surface area contributed by atoms with E-state index < -0.39 is 0 Å². The normalized spacial score (nSPS) is 19.6. The molecule has 4 rings (SSSR count). The fourth-order valence-electron chi connectivity index (χ4n) is 3.43. The van der Waals surface area contributed by atoms with Crippen LogP contribution in [0.2, 0.25) is 0 Å². The fourth-order valence-corrected chi connectivity index (χ4v) is 3.43. The number of aromatic nitrogens is 2. The van der Waals surface area contributed by atoms with Crippen LogP contribution in [0.5, 0.6) is 0 Å². The fraction of sp³-hybridized carbons (Fsp3) is 0.350. The Morgan fingerprint density at radius 2 is 2.07 bits per heavy atom. The number of aliphatic hydroxyl groups excluding tert-OH is 1. The Morgan fingerprint density at radius 1 is 1.26 bits per heavy atom. The van der Waals surface area contributed by atoms with Crippen LogP contribution in [0.1, 0.15) is 19.8 Å². The predicted molar refractivity (Wildman–Crippen MR) is 106 cm³/mol. The maximum absolute atomic E-state index is 11.7. The molecule has 0 radical (unpaired) electrons. The molecular formula is C20H23N5O2. The van der Waals surface area contributed by atoms with Gasteiger partial charge in [-0.2, -0.15) is 0 Å². The quantitative estimate of drug-likeness (QED) is 0.796. The van der Waals surface area contributed by atoms with E-state index in [0.717, 1.165) is 31.7 Å². The Bertz CT molecular complexity index is 964. The van der Waals surface area contributed by atoms with E-state index in [1.807, 2.05) is 24.4 Å². The molecule has 27 heavy (non-hydrogen) atoms. The van der Waals surface area contributed by atoms with Gasteiger partial charge in [0.05, 0.1) is 5.52 Å². The highest BCUT2D eigenvalue weighted by Crippen LogP contribution is 2.31. The standard InChI is InChI=1S/C20H23N5O2/c1-14-17(26)8-7-15(19(14)27)22-18-16-6-2-3-12-25(16)23-20(18)21-9-13-24-10-4-5-11-24/h2-3,6-8,12,27H,4-5,9-11,13H2,1H3,(H,21,23). The topological polar surface area (TPSA) is 82.2 Å². The zero-order valence-corrected chi connectivity index (χ0v) is 15.4. The number of nitrogens with zero attached hydrogens (tertiary/aromatic N) is 4. The molecule has 7 nitrogen and oxygen atoms in total. The lowest BCUT2D eigenvalue weighted by molar-refractivity contribution is -0.111. The van der Waals surface area contributed by atoms with E-state index in [9.17, 15) is 9.90 Å². The number of nitrogens with one attached hydrogen (secondary N) is 1. The van der Waals surface area contributed by atoms with E-state index in [4.69, 9.17) is 0 Å². The predicted octanol–water partition coefficient (Wildman–Crippen LogP) is 2.89. The van der Waals surface area contributed by atoms with Crippen LogP contribution in [0.15, 0.2) is 52.9 Å². The molecular weight excluding hydrogens is 342 g/mol. The monoisotopic (exact) mass is 365 g/mol. The number of hydrogen-bond donors (Lipinski definition) is 2. The van der Waals surface area contributed by atoms with Crippen LogP contribution in [0.4, 0.5) is 11.5 Å². The first-order valence-electron chi connectivity index (χ1n) is 9.28. The molecule has 2 aliphatic rings. The molecule has 140 valence electrons. The van der Waals surface area contributed by atoms with Gasteiger partial charge >= 0.3 is 0 Å². The lowest BCUT2D eigenvalue weighted by Gasteiger charge is -2.14. The van der Waals surface area contributed by atoms with E-state index in [1.165, 1.54) is 18.9 Å². The van der Waals surface area contributed by atoms with E-state index in [1.54, 1.807) is 17.5 Å². The summed E-state index contributed by atoms with van der Waals surface area (Å²) >= 11 is 0. The third kappa shape index (κ3) is 3.50. The van der Waals surface area contributed by atoms with Crippen molar-refractivity contribution in [1.82, 2.24) is 14.5 Å². The van der Waals surface area contributed by atoms with E-state index >= 15 is 0 Å². The second-order valence-electron chi connectivity index (χ2n) is 6.87. The first-order valence-corrected chi connectivity index (χ1v) is 9.28. The number of hydrogen-bond acceptors (Lipinski definition) is 6. The lowest BCUT2D eigenvalue weighted by Crippen LogP contribution is -2.26. The summed E-state index contributed by atoms with van der Waals surface area (Å²) in [5, 5.41) is 18.3. The highest BCUT2D eigenvalue weighted by Gasteiger charge is 2.19. The van der Waals surface area contributed by atoms with Crippen molar-refractivity contribution in [2.24, 2.45) is 4.99 Å². The SMILES string of the molecule is CC1=C(O)C(=Nc2c(NCCN3CCCC3)nn3ccccc23)C=CC1=O. The Labute approximate surface area is 157 Å². The Hall–Kier alpha value is -2.93. The van der Waals surface area contributed by atoms with Gasteiger partial charge in [-0.15, -0.1) is 5.10 Å². The van der Waals surface area contributed by atoms with E-state index in [2.05, 4.69) is 20.3 Å². The van der Waals surface area contributed by atoms with Gasteiger partial charge in [0.15, 0.2) is 11.6 Å². The molecule has 3 heterocycles. The molecule has 0 saturated carbocycles. The van der Waals surface area contributed by atoms with Gasteiger partial charge in [0.25, 0.3) is 0 Å². The van der Waals surface area contributed by atoms with Gasteiger partial charge in [-0.25, -0.2) is 9.51 Å². The summed E-state index contributed by atoms with van der Waals surface area (Å²) in [5.41, 5.74) is 2.17. The molecule has 1 aliphatic carbocycles. The molecule has 7 heteroatoms. The number of carbonyl (C=O) groups excluding carboxylic acids is 1. The summed E-state index contributed by atoms with van der Waals surface area (Å²) < 4.78 is 1.77. The van der Waals surface area contributed by atoms with Crippen molar-refractivity contribution < 1.29 is 9.90 Å². The molecule has 0 atom stereocenters. The molecule has 2 aromatic heterocycles. The number of anilines is 1. The van der Waals surface area contributed by atoms with Crippen molar-refractivity contribution in [3.63, 3.8) is 0 Å². The van der Waals surface area contributed by atoms with E-state index in [0.29, 0.717) is 22.8 Å². The van der Waals surface area contributed by atoms with Crippen molar-refractivity contribution in [1.29, 1.82) is 0 Å². The van der Waals surface area contributed by atoms with Gasteiger partial charge in [-0.1, -0.05) is 6.07 Å². The van der Waals surface area contributed by atoms with Crippen LogP contribution in [-0.4, -0.2) is 57.3 Å². The van der Waals surface area contributed by atoms with Gasteiger partial charge in [-0.3, -0.25) is 4.79 Å². The first-order chi connectivity index (χ1) is 13.1. The average molecular weight is 365 g/mol. The molecule has 2 aromatic rings. The summed E-state index contributed by atoms with van der Waals surface area (Å²) in [7, 11) is 0. The van der Waals surface area contributed by atoms with Crippen LogP contribution in [0.3, 0.4) is 0 Å². The highest BCUT2D eigenvalue weighted by molar-refractivity contribution is 6.21. The number of ketones is 1. The minimum Gasteiger partial charge on any atom is -0.505 e. The number of aliphatic imine (C=N–C) groups is 1. The molecule has 1 fully saturated rings. The second kappa shape index (κ2) is 7.36. The summed E-state index contributed by atoms with van der Waals surface area (Å²) in [5.74, 6) is 0.389. The van der Waals surface area contributed by atoms with Crippen molar-refractivity contribution in [2.75, 3.05) is 31.5 Å². The molecule has 0 spiro atoms. The molecule has 0 aromatic carbocycles. The van der Waals surface area contributed by atoms with Crippen molar-refractivity contribution in [3.05, 3.63) is 47.9 Å². The Morgan fingerprint density at radius 3 is 2.89 bits per heavy atom. The average Bonchev–Trinajstić information content (AvgIpc) is 3.31. The first kappa shape index (κ1) is 17.5. The molecule has 0 unspecified atom stereocenters.